The number of hydrogen-bond acceptors (Lipinski definition) is 2. The van der Waals surface area contributed by atoms with Crippen LogP contribution in [0, 0.1) is 5.92 Å². The summed E-state index contributed by atoms with van der Waals surface area (Å²) in [5.74, 6) is 0.676. The van der Waals surface area contributed by atoms with Crippen LogP contribution in [0.3, 0.4) is 0 Å². The van der Waals surface area contributed by atoms with Crippen molar-refractivity contribution in [2.24, 2.45) is 5.92 Å². The third-order valence-corrected chi connectivity index (χ3v) is 3.61. The van der Waals surface area contributed by atoms with E-state index in [9.17, 15) is 0 Å². The van der Waals surface area contributed by atoms with Gasteiger partial charge in [-0.1, -0.05) is 39.0 Å². The molecule has 0 spiro atoms. The molecular formula is C18H27N3. The number of rotatable bonds is 7. The van der Waals surface area contributed by atoms with Crippen molar-refractivity contribution in [2.45, 2.75) is 40.2 Å². The van der Waals surface area contributed by atoms with Gasteiger partial charge in [-0.2, -0.15) is 5.10 Å². The molecule has 0 unspecified atom stereocenters. The van der Waals surface area contributed by atoms with Gasteiger partial charge >= 0.3 is 0 Å². The van der Waals surface area contributed by atoms with Crippen LogP contribution in [0.15, 0.2) is 30.5 Å². The normalized spacial score (nSPS) is 11.5. The summed E-state index contributed by atoms with van der Waals surface area (Å²) in [5, 5.41) is 7.50. The average molecular weight is 285 g/mol. The van der Waals surface area contributed by atoms with Crippen LogP contribution in [0.25, 0.3) is 11.3 Å². The van der Waals surface area contributed by atoms with Crippen LogP contribution in [0.5, 0.6) is 0 Å². The molecule has 0 aliphatic heterocycles. The largest absolute Gasteiger partial charge is 0.302 e. The fraction of sp³-hybridized carbons (Fsp3) is 0.500. The minimum atomic E-state index is 0.676. The second kappa shape index (κ2) is 7.41. The molecule has 3 heteroatoms. The van der Waals surface area contributed by atoms with E-state index in [-0.39, 0.29) is 0 Å². The molecule has 0 atom stereocenters. The van der Waals surface area contributed by atoms with E-state index in [4.69, 9.17) is 0 Å². The SMILES string of the molecule is CCCN(C)Cc1c[nH]nc1-c1cccc(CC(C)C)c1. The molecule has 0 amide bonds. The highest BCUT2D eigenvalue weighted by molar-refractivity contribution is 5.63. The molecule has 0 fully saturated rings. The molecule has 3 nitrogen and oxygen atoms in total. The Balaban J connectivity index is 2.20. The minimum Gasteiger partial charge on any atom is -0.302 e. The molecule has 1 aromatic carbocycles. The van der Waals surface area contributed by atoms with Crippen LogP contribution < -0.4 is 0 Å². The van der Waals surface area contributed by atoms with Gasteiger partial charge in [0.15, 0.2) is 0 Å². The molecular weight excluding hydrogens is 258 g/mol. The molecule has 0 saturated heterocycles. The van der Waals surface area contributed by atoms with E-state index in [1.807, 2.05) is 6.20 Å². The topological polar surface area (TPSA) is 31.9 Å². The smallest absolute Gasteiger partial charge is 0.0965 e. The quantitative estimate of drug-likeness (QED) is 0.830. The first-order valence-electron chi connectivity index (χ1n) is 7.90. The second-order valence-electron chi connectivity index (χ2n) is 6.30. The van der Waals surface area contributed by atoms with Crippen LogP contribution >= 0.6 is 0 Å². The predicted molar refractivity (Wildman–Crippen MR) is 89.2 cm³/mol. The summed E-state index contributed by atoms with van der Waals surface area (Å²) in [6.07, 6.45) is 4.31. The van der Waals surface area contributed by atoms with Crippen molar-refractivity contribution >= 4 is 0 Å². The predicted octanol–water partition coefficient (Wildman–Crippen LogP) is 4.12. The molecule has 0 aliphatic rings. The van der Waals surface area contributed by atoms with Gasteiger partial charge in [0.2, 0.25) is 0 Å². The number of nitrogens with one attached hydrogen (secondary N) is 1. The van der Waals surface area contributed by atoms with Gasteiger partial charge in [-0.3, -0.25) is 5.10 Å². The lowest BCUT2D eigenvalue weighted by molar-refractivity contribution is 0.328. The molecule has 0 radical (unpaired) electrons. The summed E-state index contributed by atoms with van der Waals surface area (Å²) in [6.45, 7) is 8.77. The van der Waals surface area contributed by atoms with Gasteiger partial charge in [0.25, 0.3) is 0 Å². The Kier molecular flexibility index (Phi) is 5.57. The zero-order chi connectivity index (χ0) is 15.2. The van der Waals surface area contributed by atoms with Crippen molar-refractivity contribution in [1.82, 2.24) is 15.1 Å². The highest BCUT2D eigenvalue weighted by atomic mass is 15.1. The maximum atomic E-state index is 4.47. The number of hydrogen-bond donors (Lipinski definition) is 1. The summed E-state index contributed by atoms with van der Waals surface area (Å²) >= 11 is 0. The van der Waals surface area contributed by atoms with Gasteiger partial charge in [0, 0.05) is 23.9 Å². The molecule has 114 valence electrons. The number of nitrogens with zero attached hydrogens (tertiary/aromatic N) is 2. The minimum absolute atomic E-state index is 0.676. The van der Waals surface area contributed by atoms with E-state index in [0.29, 0.717) is 5.92 Å². The van der Waals surface area contributed by atoms with Crippen LogP contribution in [-0.2, 0) is 13.0 Å². The van der Waals surface area contributed by atoms with Gasteiger partial charge < -0.3 is 4.90 Å². The number of aromatic nitrogens is 2. The Morgan fingerprint density at radius 2 is 2.10 bits per heavy atom. The molecule has 21 heavy (non-hydrogen) atoms. The summed E-state index contributed by atoms with van der Waals surface area (Å²) < 4.78 is 0. The van der Waals surface area contributed by atoms with Crippen molar-refractivity contribution < 1.29 is 0 Å². The summed E-state index contributed by atoms with van der Waals surface area (Å²) in [4.78, 5) is 2.34. The zero-order valence-corrected chi connectivity index (χ0v) is 13.7. The first-order chi connectivity index (χ1) is 10.1. The molecule has 1 N–H and O–H groups in total. The fourth-order valence-electron chi connectivity index (χ4n) is 2.75. The number of H-pyrrole nitrogens is 1. The van der Waals surface area contributed by atoms with Crippen molar-refractivity contribution in [3.8, 4) is 11.3 Å². The maximum absolute atomic E-state index is 4.47. The van der Waals surface area contributed by atoms with E-state index in [2.05, 4.69) is 67.2 Å². The molecule has 2 aromatic rings. The second-order valence-corrected chi connectivity index (χ2v) is 6.30. The van der Waals surface area contributed by atoms with Crippen LogP contribution in [0.2, 0.25) is 0 Å². The first kappa shape index (κ1) is 15.8. The Labute approximate surface area is 128 Å². The summed E-state index contributed by atoms with van der Waals surface area (Å²) in [5.41, 5.74) is 4.96. The molecule has 0 aliphatic carbocycles. The van der Waals surface area contributed by atoms with E-state index >= 15 is 0 Å². The highest BCUT2D eigenvalue weighted by Gasteiger charge is 2.11. The standard InChI is InChI=1S/C18H27N3/c1-5-9-21(4)13-17-12-19-20-18(17)16-8-6-7-15(11-16)10-14(2)3/h6-8,11-12,14H,5,9-10,13H2,1-4H3,(H,19,20). The molecule has 0 bridgehead atoms. The maximum Gasteiger partial charge on any atom is 0.0965 e. The third kappa shape index (κ3) is 4.43. The van der Waals surface area contributed by atoms with E-state index in [1.54, 1.807) is 0 Å². The first-order valence-corrected chi connectivity index (χ1v) is 7.90. The Morgan fingerprint density at radius 3 is 2.81 bits per heavy atom. The molecule has 1 heterocycles. The van der Waals surface area contributed by atoms with E-state index in [1.165, 1.54) is 23.1 Å². The number of aromatic amines is 1. The van der Waals surface area contributed by atoms with Gasteiger partial charge in [-0.25, -0.2) is 0 Å². The van der Waals surface area contributed by atoms with E-state index < -0.39 is 0 Å². The third-order valence-electron chi connectivity index (χ3n) is 3.61. The highest BCUT2D eigenvalue weighted by Crippen LogP contribution is 2.24. The average Bonchev–Trinajstić information content (AvgIpc) is 2.86. The fourth-order valence-corrected chi connectivity index (χ4v) is 2.75. The molecule has 1 aromatic heterocycles. The summed E-state index contributed by atoms with van der Waals surface area (Å²) in [7, 11) is 2.16. The van der Waals surface area contributed by atoms with Crippen LogP contribution in [0.1, 0.15) is 38.3 Å². The number of benzene rings is 1. The lowest BCUT2D eigenvalue weighted by Gasteiger charge is -2.15. The van der Waals surface area contributed by atoms with Gasteiger partial charge in [0.1, 0.15) is 0 Å². The molecule has 2 rings (SSSR count). The van der Waals surface area contributed by atoms with Crippen LogP contribution in [-0.4, -0.2) is 28.7 Å². The Hall–Kier alpha value is -1.61. The van der Waals surface area contributed by atoms with Gasteiger partial charge in [0.05, 0.1) is 5.69 Å². The van der Waals surface area contributed by atoms with E-state index in [0.717, 1.165) is 25.2 Å². The van der Waals surface area contributed by atoms with Crippen LogP contribution in [0.4, 0.5) is 0 Å². The molecule has 0 saturated carbocycles. The van der Waals surface area contributed by atoms with Crippen molar-refractivity contribution in [1.29, 1.82) is 0 Å². The van der Waals surface area contributed by atoms with Gasteiger partial charge in [-0.15, -0.1) is 0 Å². The van der Waals surface area contributed by atoms with Gasteiger partial charge in [-0.05, 0) is 44.0 Å². The zero-order valence-electron chi connectivity index (χ0n) is 13.7. The van der Waals surface area contributed by atoms with Crippen molar-refractivity contribution in [3.63, 3.8) is 0 Å². The summed E-state index contributed by atoms with van der Waals surface area (Å²) in [6, 6.07) is 8.78. The van der Waals surface area contributed by atoms with Crippen molar-refractivity contribution in [3.05, 3.63) is 41.6 Å². The lowest BCUT2D eigenvalue weighted by Crippen LogP contribution is -2.18. The Bertz CT molecular complexity index is 557. The lowest BCUT2D eigenvalue weighted by atomic mass is 9.99. The Morgan fingerprint density at radius 1 is 1.29 bits per heavy atom. The monoisotopic (exact) mass is 285 g/mol. The van der Waals surface area contributed by atoms with Crippen molar-refractivity contribution in [2.75, 3.05) is 13.6 Å².